The van der Waals surface area contributed by atoms with Gasteiger partial charge in [0.15, 0.2) is 5.78 Å². The summed E-state index contributed by atoms with van der Waals surface area (Å²) >= 11 is 1.44. The Bertz CT molecular complexity index is 403. The SMILES string of the molecule is NC(=O)C1CCCCN1CC(=O)c1cccs1. The summed E-state index contributed by atoms with van der Waals surface area (Å²) in [4.78, 5) is 25.9. The van der Waals surface area contributed by atoms with Gasteiger partial charge in [0.1, 0.15) is 0 Å². The minimum atomic E-state index is -0.316. The van der Waals surface area contributed by atoms with Crippen LogP contribution in [-0.2, 0) is 4.79 Å². The zero-order valence-electron chi connectivity index (χ0n) is 9.59. The molecular weight excluding hydrogens is 236 g/mol. The predicted octanol–water partition coefficient (Wildman–Crippen LogP) is 1.27. The molecule has 0 aromatic carbocycles. The van der Waals surface area contributed by atoms with E-state index in [1.165, 1.54) is 11.3 Å². The second-order valence-electron chi connectivity index (χ2n) is 4.28. The molecule has 2 rings (SSSR count). The first-order valence-corrected chi connectivity index (χ1v) is 6.66. The molecule has 1 aliphatic rings. The molecule has 1 aromatic rings. The van der Waals surface area contributed by atoms with Crippen molar-refractivity contribution >= 4 is 23.0 Å². The number of rotatable bonds is 4. The monoisotopic (exact) mass is 252 g/mol. The predicted molar refractivity (Wildman–Crippen MR) is 67.1 cm³/mol. The van der Waals surface area contributed by atoms with Gasteiger partial charge in [-0.05, 0) is 30.8 Å². The average Bonchev–Trinajstić information content (AvgIpc) is 2.83. The third-order valence-electron chi connectivity index (χ3n) is 3.08. The number of thiophene rings is 1. The molecule has 1 amide bonds. The van der Waals surface area contributed by atoms with Crippen LogP contribution in [0.4, 0.5) is 0 Å². The van der Waals surface area contributed by atoms with Crippen molar-refractivity contribution in [3.8, 4) is 0 Å². The topological polar surface area (TPSA) is 63.4 Å². The van der Waals surface area contributed by atoms with E-state index >= 15 is 0 Å². The number of hydrogen-bond acceptors (Lipinski definition) is 4. The number of ketones is 1. The number of amides is 1. The van der Waals surface area contributed by atoms with E-state index in [-0.39, 0.29) is 17.7 Å². The third-order valence-corrected chi connectivity index (χ3v) is 4.00. The number of hydrogen-bond donors (Lipinski definition) is 1. The fourth-order valence-corrected chi connectivity index (χ4v) is 2.86. The van der Waals surface area contributed by atoms with Crippen molar-refractivity contribution in [1.82, 2.24) is 4.90 Å². The fourth-order valence-electron chi connectivity index (χ4n) is 2.20. The summed E-state index contributed by atoms with van der Waals surface area (Å²) in [5, 5.41) is 1.88. The van der Waals surface area contributed by atoms with Crippen LogP contribution < -0.4 is 5.73 Å². The van der Waals surface area contributed by atoms with Crippen LogP contribution in [0.15, 0.2) is 17.5 Å². The average molecular weight is 252 g/mol. The molecule has 0 spiro atoms. The van der Waals surface area contributed by atoms with E-state index in [0.717, 1.165) is 30.7 Å². The van der Waals surface area contributed by atoms with Crippen LogP contribution in [0, 0.1) is 0 Å². The highest BCUT2D eigenvalue weighted by molar-refractivity contribution is 7.12. The maximum absolute atomic E-state index is 12.0. The number of primary amides is 1. The Morgan fingerprint density at radius 2 is 2.29 bits per heavy atom. The van der Waals surface area contributed by atoms with Crippen LogP contribution in [0.2, 0.25) is 0 Å². The molecule has 1 fully saturated rings. The van der Waals surface area contributed by atoms with Gasteiger partial charge in [0, 0.05) is 0 Å². The lowest BCUT2D eigenvalue weighted by atomic mass is 10.0. The second kappa shape index (κ2) is 5.42. The Balaban J connectivity index is 2.01. The quantitative estimate of drug-likeness (QED) is 0.821. The summed E-state index contributed by atoms with van der Waals surface area (Å²) < 4.78 is 0. The number of carbonyl (C=O) groups is 2. The van der Waals surface area contributed by atoms with Crippen LogP contribution in [0.5, 0.6) is 0 Å². The van der Waals surface area contributed by atoms with Gasteiger partial charge in [-0.15, -0.1) is 11.3 Å². The number of Topliss-reactive ketones (excluding diaryl/α,β-unsaturated/α-hetero) is 1. The van der Waals surface area contributed by atoms with Gasteiger partial charge in [0.25, 0.3) is 0 Å². The van der Waals surface area contributed by atoms with Crippen LogP contribution in [0.25, 0.3) is 0 Å². The molecule has 17 heavy (non-hydrogen) atoms. The lowest BCUT2D eigenvalue weighted by molar-refractivity contribution is -0.124. The lowest BCUT2D eigenvalue weighted by Crippen LogP contribution is -2.49. The van der Waals surface area contributed by atoms with Gasteiger partial charge in [-0.3, -0.25) is 14.5 Å². The fraction of sp³-hybridized carbons (Fsp3) is 0.500. The molecule has 1 saturated heterocycles. The zero-order chi connectivity index (χ0) is 12.3. The minimum Gasteiger partial charge on any atom is -0.368 e. The second-order valence-corrected chi connectivity index (χ2v) is 5.23. The maximum Gasteiger partial charge on any atom is 0.234 e. The molecule has 1 aliphatic heterocycles. The van der Waals surface area contributed by atoms with Gasteiger partial charge in [0.2, 0.25) is 5.91 Å². The molecule has 0 bridgehead atoms. The molecule has 5 heteroatoms. The molecule has 1 aromatic heterocycles. The summed E-state index contributed by atoms with van der Waals surface area (Å²) in [6, 6.07) is 3.41. The molecule has 4 nitrogen and oxygen atoms in total. The van der Waals surface area contributed by atoms with E-state index < -0.39 is 0 Å². The third kappa shape index (κ3) is 2.92. The molecule has 0 radical (unpaired) electrons. The first kappa shape index (κ1) is 12.3. The van der Waals surface area contributed by atoms with Gasteiger partial charge in [0.05, 0.1) is 17.5 Å². The van der Waals surface area contributed by atoms with Crippen molar-refractivity contribution in [1.29, 1.82) is 0 Å². The van der Waals surface area contributed by atoms with Crippen molar-refractivity contribution < 1.29 is 9.59 Å². The molecule has 2 N–H and O–H groups in total. The van der Waals surface area contributed by atoms with E-state index in [0.29, 0.717) is 6.54 Å². The van der Waals surface area contributed by atoms with Gasteiger partial charge < -0.3 is 5.73 Å². The summed E-state index contributed by atoms with van der Waals surface area (Å²) in [5.41, 5.74) is 5.36. The summed E-state index contributed by atoms with van der Waals surface area (Å²) in [6.07, 6.45) is 2.81. The number of nitrogens with zero attached hydrogens (tertiary/aromatic N) is 1. The van der Waals surface area contributed by atoms with Crippen LogP contribution in [0.1, 0.15) is 28.9 Å². The number of likely N-dealkylation sites (tertiary alicyclic amines) is 1. The van der Waals surface area contributed by atoms with E-state index in [2.05, 4.69) is 0 Å². The Labute approximate surface area is 104 Å². The van der Waals surface area contributed by atoms with E-state index in [1.54, 1.807) is 0 Å². The largest absolute Gasteiger partial charge is 0.368 e. The highest BCUT2D eigenvalue weighted by Gasteiger charge is 2.28. The molecule has 92 valence electrons. The lowest BCUT2D eigenvalue weighted by Gasteiger charge is -2.32. The van der Waals surface area contributed by atoms with Crippen LogP contribution >= 0.6 is 11.3 Å². The van der Waals surface area contributed by atoms with E-state index in [9.17, 15) is 9.59 Å². The standard InChI is InChI=1S/C12H16N2O2S/c13-12(16)9-4-1-2-6-14(9)8-10(15)11-5-3-7-17-11/h3,5,7,9H,1-2,4,6,8H2,(H2,13,16). The molecule has 2 heterocycles. The normalized spacial score (nSPS) is 21.3. The van der Waals surface area contributed by atoms with Gasteiger partial charge in [-0.2, -0.15) is 0 Å². The summed E-state index contributed by atoms with van der Waals surface area (Å²) in [6.45, 7) is 1.08. The highest BCUT2D eigenvalue weighted by atomic mass is 32.1. The summed E-state index contributed by atoms with van der Waals surface area (Å²) in [7, 11) is 0. The smallest absolute Gasteiger partial charge is 0.234 e. The molecule has 0 aliphatic carbocycles. The van der Waals surface area contributed by atoms with Crippen molar-refractivity contribution in [3.63, 3.8) is 0 Å². The first-order chi connectivity index (χ1) is 8.18. The number of nitrogens with two attached hydrogens (primary N) is 1. The Kier molecular flexibility index (Phi) is 3.91. The van der Waals surface area contributed by atoms with Gasteiger partial charge >= 0.3 is 0 Å². The van der Waals surface area contributed by atoms with Crippen LogP contribution in [0.3, 0.4) is 0 Å². The highest BCUT2D eigenvalue weighted by Crippen LogP contribution is 2.18. The van der Waals surface area contributed by atoms with Crippen LogP contribution in [-0.4, -0.2) is 35.7 Å². The van der Waals surface area contributed by atoms with Crippen molar-refractivity contribution in [2.75, 3.05) is 13.1 Å². The molecule has 1 unspecified atom stereocenters. The molecular formula is C12H16N2O2S. The zero-order valence-corrected chi connectivity index (χ0v) is 10.4. The Morgan fingerprint density at radius 3 is 2.94 bits per heavy atom. The molecule has 1 atom stereocenters. The number of carbonyl (C=O) groups excluding carboxylic acids is 2. The van der Waals surface area contributed by atoms with Crippen molar-refractivity contribution in [2.24, 2.45) is 5.73 Å². The Morgan fingerprint density at radius 1 is 1.47 bits per heavy atom. The maximum atomic E-state index is 12.0. The van der Waals surface area contributed by atoms with Gasteiger partial charge in [-0.25, -0.2) is 0 Å². The van der Waals surface area contributed by atoms with E-state index in [1.807, 2.05) is 22.4 Å². The van der Waals surface area contributed by atoms with E-state index in [4.69, 9.17) is 5.73 Å². The Hall–Kier alpha value is -1.20. The van der Waals surface area contributed by atoms with Crippen molar-refractivity contribution in [3.05, 3.63) is 22.4 Å². The first-order valence-electron chi connectivity index (χ1n) is 5.78. The summed E-state index contributed by atoms with van der Waals surface area (Å²) in [5.74, 6) is -0.239. The van der Waals surface area contributed by atoms with Gasteiger partial charge in [-0.1, -0.05) is 12.5 Å². The minimum absolute atomic E-state index is 0.0770. The molecule has 0 saturated carbocycles. The van der Waals surface area contributed by atoms with Crippen molar-refractivity contribution in [2.45, 2.75) is 25.3 Å². The number of piperidine rings is 1.